The van der Waals surface area contributed by atoms with Gasteiger partial charge < -0.3 is 0 Å². The van der Waals surface area contributed by atoms with Gasteiger partial charge in [-0.25, -0.2) is 4.98 Å². The van der Waals surface area contributed by atoms with Gasteiger partial charge in [0.05, 0.1) is 5.56 Å². The first-order valence-corrected chi connectivity index (χ1v) is 9.54. The topological polar surface area (TPSA) is 58.6 Å². The molecule has 0 atom stereocenters. The average Bonchev–Trinajstić information content (AvgIpc) is 3.15. The molecule has 0 saturated heterocycles. The number of ketones is 1. The van der Waals surface area contributed by atoms with Crippen LogP contribution in [0.3, 0.4) is 0 Å². The van der Waals surface area contributed by atoms with E-state index in [0.717, 1.165) is 42.3 Å². The third kappa shape index (κ3) is 5.53. The smallest absolute Gasteiger partial charge is 0.299 e. The van der Waals surface area contributed by atoms with Crippen LogP contribution >= 0.6 is 0 Å². The zero-order chi connectivity index (χ0) is 20.9. The van der Waals surface area contributed by atoms with Gasteiger partial charge in [-0.3, -0.25) is 9.89 Å². The number of nitrogens with one attached hydrogen (secondary N) is 1. The van der Waals surface area contributed by atoms with Gasteiger partial charge in [0.25, 0.3) is 0 Å². The van der Waals surface area contributed by atoms with E-state index in [-0.39, 0.29) is 24.2 Å². The molecule has 1 aromatic heterocycles. The van der Waals surface area contributed by atoms with Crippen LogP contribution in [0.5, 0.6) is 0 Å². The van der Waals surface area contributed by atoms with E-state index in [9.17, 15) is 18.0 Å². The minimum absolute atomic E-state index is 0.00181. The van der Waals surface area contributed by atoms with Crippen LogP contribution < -0.4 is 0 Å². The summed E-state index contributed by atoms with van der Waals surface area (Å²) in [5, 5.41) is 7.13. The molecule has 0 aliphatic rings. The van der Waals surface area contributed by atoms with Gasteiger partial charge in [-0.05, 0) is 23.6 Å². The molecule has 0 aliphatic carbocycles. The van der Waals surface area contributed by atoms with E-state index in [1.165, 1.54) is 18.2 Å². The first kappa shape index (κ1) is 20.8. The van der Waals surface area contributed by atoms with Crippen molar-refractivity contribution in [1.29, 1.82) is 0 Å². The number of carbonyl (C=O) groups is 1. The van der Waals surface area contributed by atoms with E-state index < -0.39 is 11.7 Å². The number of rotatable bonds is 8. The zero-order valence-electron chi connectivity index (χ0n) is 16.1. The Morgan fingerprint density at radius 1 is 1.03 bits per heavy atom. The van der Waals surface area contributed by atoms with Crippen LogP contribution in [0.2, 0.25) is 0 Å². The number of alkyl halides is 3. The van der Waals surface area contributed by atoms with Gasteiger partial charge in [0.2, 0.25) is 0 Å². The Morgan fingerprint density at radius 3 is 2.45 bits per heavy atom. The van der Waals surface area contributed by atoms with Crippen LogP contribution in [0.25, 0.3) is 11.4 Å². The van der Waals surface area contributed by atoms with Crippen molar-refractivity contribution >= 4 is 5.78 Å². The molecule has 0 unspecified atom stereocenters. The van der Waals surface area contributed by atoms with Gasteiger partial charge in [0.1, 0.15) is 11.6 Å². The quantitative estimate of drug-likeness (QED) is 0.565. The summed E-state index contributed by atoms with van der Waals surface area (Å²) in [5.41, 5.74) is 0.807. The summed E-state index contributed by atoms with van der Waals surface area (Å²) >= 11 is 0. The average molecular weight is 401 g/mol. The normalized spacial score (nSPS) is 11.6. The zero-order valence-corrected chi connectivity index (χ0v) is 16.1. The fraction of sp³-hybridized carbons (Fsp3) is 0.318. The van der Waals surface area contributed by atoms with Crippen molar-refractivity contribution in [2.24, 2.45) is 0 Å². The number of carbonyl (C=O) groups excluding carboxylic acids is 1. The summed E-state index contributed by atoms with van der Waals surface area (Å²) < 4.78 is 39.2. The summed E-state index contributed by atoms with van der Waals surface area (Å²) in [6.07, 6.45) is -1.69. The Bertz CT molecular complexity index is 962. The van der Waals surface area contributed by atoms with Gasteiger partial charge >= 0.3 is 6.18 Å². The largest absolute Gasteiger partial charge is 0.416 e. The second kappa shape index (κ2) is 9.03. The minimum Gasteiger partial charge on any atom is -0.299 e. The lowest BCUT2D eigenvalue weighted by atomic mass is 9.98. The van der Waals surface area contributed by atoms with Crippen LogP contribution in [0.15, 0.2) is 48.5 Å². The van der Waals surface area contributed by atoms with E-state index in [2.05, 4.69) is 22.1 Å². The highest BCUT2D eigenvalue weighted by atomic mass is 19.4. The first-order chi connectivity index (χ1) is 13.9. The molecule has 3 rings (SSSR count). The Balaban J connectivity index is 1.64. The van der Waals surface area contributed by atoms with Crippen molar-refractivity contribution in [2.75, 3.05) is 0 Å². The summed E-state index contributed by atoms with van der Waals surface area (Å²) in [7, 11) is 0. The highest BCUT2D eigenvalue weighted by Gasteiger charge is 2.33. The number of nitrogens with zero attached hydrogens (tertiary/aromatic N) is 2. The summed E-state index contributed by atoms with van der Waals surface area (Å²) in [6.45, 7) is 2.11. The van der Waals surface area contributed by atoms with Gasteiger partial charge in [0, 0.05) is 24.8 Å². The number of H-pyrrole nitrogens is 1. The third-order valence-corrected chi connectivity index (χ3v) is 4.62. The number of aryl methyl sites for hydroxylation is 1. The van der Waals surface area contributed by atoms with E-state index in [1.54, 1.807) is 12.1 Å². The fourth-order valence-electron chi connectivity index (χ4n) is 3.11. The molecular weight excluding hydrogens is 379 g/mol. The van der Waals surface area contributed by atoms with Gasteiger partial charge in [-0.15, -0.1) is 0 Å². The molecule has 7 heteroatoms. The first-order valence-electron chi connectivity index (χ1n) is 9.54. The van der Waals surface area contributed by atoms with E-state index in [1.807, 2.05) is 12.1 Å². The molecule has 0 fully saturated rings. The number of aromatic nitrogens is 3. The second-order valence-electron chi connectivity index (χ2n) is 6.95. The lowest BCUT2D eigenvalue weighted by Gasteiger charge is -2.12. The number of Topliss-reactive ketones (excluding diaryl/α,β-unsaturated/α-hetero) is 1. The van der Waals surface area contributed by atoms with Gasteiger partial charge in [-0.1, -0.05) is 55.8 Å². The maximum absolute atomic E-state index is 13.1. The molecule has 0 radical (unpaired) electrons. The van der Waals surface area contributed by atoms with E-state index in [0.29, 0.717) is 5.82 Å². The Labute approximate surface area is 167 Å². The Morgan fingerprint density at radius 2 is 1.76 bits per heavy atom. The summed E-state index contributed by atoms with van der Waals surface area (Å²) in [4.78, 5) is 16.8. The third-order valence-electron chi connectivity index (χ3n) is 4.62. The molecule has 0 amide bonds. The Kier molecular flexibility index (Phi) is 6.46. The highest BCUT2D eigenvalue weighted by molar-refractivity contribution is 5.83. The number of unbranched alkanes of at least 4 members (excludes halogenated alkanes) is 1. The van der Waals surface area contributed by atoms with Crippen molar-refractivity contribution in [2.45, 2.75) is 45.2 Å². The molecule has 152 valence electrons. The molecule has 0 spiro atoms. The van der Waals surface area contributed by atoms with Crippen LogP contribution in [0, 0.1) is 0 Å². The van der Waals surface area contributed by atoms with Crippen LogP contribution in [0.1, 0.15) is 42.3 Å². The second-order valence-corrected chi connectivity index (χ2v) is 6.95. The maximum atomic E-state index is 13.1. The van der Waals surface area contributed by atoms with Crippen molar-refractivity contribution in [3.8, 4) is 11.4 Å². The number of hydrogen-bond donors (Lipinski definition) is 1. The van der Waals surface area contributed by atoms with Crippen molar-refractivity contribution in [3.05, 3.63) is 71.0 Å². The van der Waals surface area contributed by atoms with Gasteiger partial charge in [0.15, 0.2) is 5.82 Å². The monoisotopic (exact) mass is 401 g/mol. The summed E-state index contributed by atoms with van der Waals surface area (Å²) in [5.74, 6) is 1.16. The van der Waals surface area contributed by atoms with Crippen molar-refractivity contribution < 1.29 is 18.0 Å². The number of benzene rings is 2. The predicted octanol–water partition coefficient (Wildman–Crippen LogP) is 5.19. The molecule has 2 aromatic carbocycles. The minimum atomic E-state index is -4.47. The highest BCUT2D eigenvalue weighted by Crippen LogP contribution is 2.32. The standard InChI is InChI=1S/C22H22F3N3O/c1-2-3-8-20-26-21(28-27-20)16-11-9-15(10-12-16)13-18(29)14-17-6-4-5-7-19(17)22(23,24)25/h4-7,9-12H,2-3,8,13-14H2,1H3,(H,26,27,28). The predicted molar refractivity (Wildman–Crippen MR) is 104 cm³/mol. The molecule has 29 heavy (non-hydrogen) atoms. The molecule has 0 bridgehead atoms. The van der Waals surface area contributed by atoms with Crippen molar-refractivity contribution in [1.82, 2.24) is 15.2 Å². The Hall–Kier alpha value is -2.96. The van der Waals surface area contributed by atoms with Crippen LogP contribution in [-0.2, 0) is 30.2 Å². The maximum Gasteiger partial charge on any atom is 0.416 e. The molecule has 4 nitrogen and oxygen atoms in total. The SMILES string of the molecule is CCCCc1nc(-c2ccc(CC(=O)Cc3ccccc3C(F)(F)F)cc2)n[nH]1. The molecular formula is C22H22F3N3O. The fourth-order valence-corrected chi connectivity index (χ4v) is 3.11. The van der Waals surface area contributed by atoms with E-state index >= 15 is 0 Å². The molecule has 3 aromatic rings. The summed E-state index contributed by atoms with van der Waals surface area (Å²) in [6, 6.07) is 12.4. The molecule has 0 saturated carbocycles. The number of hydrogen-bond acceptors (Lipinski definition) is 3. The molecule has 0 aliphatic heterocycles. The van der Waals surface area contributed by atoms with Crippen LogP contribution in [-0.4, -0.2) is 21.0 Å². The lowest BCUT2D eigenvalue weighted by molar-refractivity contribution is -0.138. The van der Waals surface area contributed by atoms with Crippen LogP contribution in [0.4, 0.5) is 13.2 Å². The van der Waals surface area contributed by atoms with E-state index in [4.69, 9.17) is 0 Å². The van der Waals surface area contributed by atoms with Gasteiger partial charge in [-0.2, -0.15) is 18.3 Å². The number of aromatic amines is 1. The van der Waals surface area contributed by atoms with Crippen molar-refractivity contribution in [3.63, 3.8) is 0 Å². The molecule has 1 N–H and O–H groups in total. The number of halogens is 3. The lowest BCUT2D eigenvalue weighted by Crippen LogP contribution is -2.13. The molecule has 1 heterocycles.